The molecule has 29 heavy (non-hydrogen) atoms. The lowest BCUT2D eigenvalue weighted by molar-refractivity contribution is -0.121. The maximum absolute atomic E-state index is 12.5. The van der Waals surface area contributed by atoms with Gasteiger partial charge in [-0.3, -0.25) is 9.69 Å². The van der Waals surface area contributed by atoms with Crippen molar-refractivity contribution >= 4 is 46.3 Å². The highest BCUT2D eigenvalue weighted by Crippen LogP contribution is 2.35. The Kier molecular flexibility index (Phi) is 6.51. The minimum absolute atomic E-state index is 0.172. The summed E-state index contributed by atoms with van der Waals surface area (Å²) in [7, 11) is 1.50. The summed E-state index contributed by atoms with van der Waals surface area (Å²) in [5.74, 6) is 0.0295. The molecular weight excluding hydrogens is 406 g/mol. The fourth-order valence-electron chi connectivity index (χ4n) is 2.65. The number of thioether (sulfide) groups is 1. The van der Waals surface area contributed by atoms with Crippen LogP contribution in [0.4, 0.5) is 0 Å². The molecule has 1 aliphatic heterocycles. The van der Waals surface area contributed by atoms with E-state index < -0.39 is 5.97 Å². The molecule has 0 N–H and O–H groups in total. The molecule has 148 valence electrons. The highest BCUT2D eigenvalue weighted by Gasteiger charge is 2.31. The van der Waals surface area contributed by atoms with E-state index in [0.717, 1.165) is 5.56 Å². The van der Waals surface area contributed by atoms with Crippen molar-refractivity contribution in [1.82, 2.24) is 4.90 Å². The predicted molar refractivity (Wildman–Crippen MR) is 119 cm³/mol. The van der Waals surface area contributed by atoms with Crippen molar-refractivity contribution < 1.29 is 19.1 Å². The smallest absolute Gasteiger partial charge is 0.343 e. The Morgan fingerprint density at radius 1 is 1.21 bits per heavy atom. The molecule has 1 heterocycles. The monoisotopic (exact) mass is 425 g/mol. The van der Waals surface area contributed by atoms with E-state index in [1.54, 1.807) is 42.5 Å². The van der Waals surface area contributed by atoms with Gasteiger partial charge in [0.15, 0.2) is 11.5 Å². The number of nitrogens with zero attached hydrogens (tertiary/aromatic N) is 1. The zero-order valence-corrected chi connectivity index (χ0v) is 17.6. The molecule has 0 aromatic heterocycles. The van der Waals surface area contributed by atoms with E-state index in [9.17, 15) is 9.59 Å². The van der Waals surface area contributed by atoms with Gasteiger partial charge in [-0.2, -0.15) is 0 Å². The minimum Gasteiger partial charge on any atom is -0.493 e. The second-order valence-electron chi connectivity index (χ2n) is 6.25. The molecule has 2 aromatic rings. The number of carbonyl (C=O) groups is 2. The average molecular weight is 426 g/mol. The SMILES string of the molecule is C=CCN1C(=O)/C(=C/c2ccc(OC)c(OC(=O)c3ccc(C)cc3)c2)SC1=S. The van der Waals surface area contributed by atoms with E-state index in [-0.39, 0.29) is 11.7 Å². The number of thiocarbonyl (C=S) groups is 1. The lowest BCUT2D eigenvalue weighted by atomic mass is 10.1. The van der Waals surface area contributed by atoms with E-state index >= 15 is 0 Å². The Morgan fingerprint density at radius 3 is 2.59 bits per heavy atom. The molecule has 0 radical (unpaired) electrons. The molecule has 5 nitrogen and oxygen atoms in total. The van der Waals surface area contributed by atoms with Gasteiger partial charge >= 0.3 is 5.97 Å². The molecule has 0 aliphatic carbocycles. The van der Waals surface area contributed by atoms with Crippen LogP contribution in [0.2, 0.25) is 0 Å². The Bertz CT molecular complexity index is 1010. The first-order valence-electron chi connectivity index (χ1n) is 8.76. The van der Waals surface area contributed by atoms with Gasteiger partial charge < -0.3 is 9.47 Å². The van der Waals surface area contributed by atoms with Crippen LogP contribution in [0, 0.1) is 6.92 Å². The van der Waals surface area contributed by atoms with Crippen LogP contribution >= 0.6 is 24.0 Å². The molecule has 1 aliphatic rings. The van der Waals surface area contributed by atoms with Crippen LogP contribution < -0.4 is 9.47 Å². The topological polar surface area (TPSA) is 55.8 Å². The maximum atomic E-state index is 12.5. The molecular formula is C22H19NO4S2. The molecule has 1 amide bonds. The number of esters is 1. The number of ether oxygens (including phenoxy) is 2. The number of amides is 1. The molecule has 2 aromatic carbocycles. The predicted octanol–water partition coefficient (Wildman–Crippen LogP) is 4.61. The quantitative estimate of drug-likeness (QED) is 0.221. The second kappa shape index (κ2) is 9.07. The molecule has 0 unspecified atom stereocenters. The first-order chi connectivity index (χ1) is 13.9. The number of methoxy groups -OCH3 is 1. The lowest BCUT2D eigenvalue weighted by Crippen LogP contribution is -2.27. The third-order valence-corrected chi connectivity index (χ3v) is 5.54. The molecule has 0 saturated carbocycles. The van der Waals surface area contributed by atoms with Gasteiger partial charge in [0, 0.05) is 6.54 Å². The number of aryl methyl sites for hydroxylation is 1. The van der Waals surface area contributed by atoms with Crippen molar-refractivity contribution in [3.8, 4) is 11.5 Å². The van der Waals surface area contributed by atoms with Crippen LogP contribution in [-0.4, -0.2) is 34.8 Å². The van der Waals surface area contributed by atoms with Crippen LogP contribution in [0.1, 0.15) is 21.5 Å². The zero-order valence-electron chi connectivity index (χ0n) is 16.0. The molecule has 3 rings (SSSR count). The number of hydrogen-bond donors (Lipinski definition) is 0. The van der Waals surface area contributed by atoms with E-state index in [1.807, 2.05) is 19.1 Å². The van der Waals surface area contributed by atoms with Crippen LogP contribution in [-0.2, 0) is 4.79 Å². The molecule has 7 heteroatoms. The van der Waals surface area contributed by atoms with Crippen molar-refractivity contribution in [1.29, 1.82) is 0 Å². The van der Waals surface area contributed by atoms with Gasteiger partial charge in [-0.25, -0.2) is 4.79 Å². The Balaban J connectivity index is 1.86. The van der Waals surface area contributed by atoms with E-state index in [1.165, 1.54) is 23.8 Å². The first-order valence-corrected chi connectivity index (χ1v) is 9.98. The van der Waals surface area contributed by atoms with Gasteiger partial charge in [-0.15, -0.1) is 6.58 Å². The van der Waals surface area contributed by atoms with Gasteiger partial charge in [0.1, 0.15) is 4.32 Å². The molecule has 0 atom stereocenters. The van der Waals surface area contributed by atoms with Gasteiger partial charge in [-0.05, 0) is 42.8 Å². The number of benzene rings is 2. The zero-order chi connectivity index (χ0) is 21.0. The summed E-state index contributed by atoms with van der Waals surface area (Å²) in [5.41, 5.74) is 2.18. The van der Waals surface area contributed by atoms with Crippen LogP contribution in [0.3, 0.4) is 0 Å². The number of hydrogen-bond acceptors (Lipinski definition) is 6. The summed E-state index contributed by atoms with van der Waals surface area (Å²) < 4.78 is 11.3. The van der Waals surface area contributed by atoms with Crippen LogP contribution in [0.5, 0.6) is 11.5 Å². The fourth-order valence-corrected chi connectivity index (χ4v) is 3.92. The van der Waals surface area contributed by atoms with Gasteiger partial charge in [-0.1, -0.05) is 53.8 Å². The summed E-state index contributed by atoms with van der Waals surface area (Å²) in [4.78, 5) is 27.0. The maximum Gasteiger partial charge on any atom is 0.343 e. The van der Waals surface area contributed by atoms with E-state index in [4.69, 9.17) is 21.7 Å². The fraction of sp³-hybridized carbons (Fsp3) is 0.136. The highest BCUT2D eigenvalue weighted by molar-refractivity contribution is 8.26. The van der Waals surface area contributed by atoms with Crippen molar-refractivity contribution in [2.45, 2.75) is 6.92 Å². The summed E-state index contributed by atoms with van der Waals surface area (Å²) in [6.45, 7) is 5.95. The third-order valence-electron chi connectivity index (χ3n) is 4.16. The van der Waals surface area contributed by atoms with Crippen LogP contribution in [0.15, 0.2) is 60.0 Å². The number of rotatable bonds is 6. The minimum atomic E-state index is -0.488. The average Bonchev–Trinajstić information content (AvgIpc) is 2.96. The van der Waals surface area contributed by atoms with Gasteiger partial charge in [0.2, 0.25) is 0 Å². The van der Waals surface area contributed by atoms with E-state index in [0.29, 0.717) is 32.6 Å². The highest BCUT2D eigenvalue weighted by atomic mass is 32.2. The van der Waals surface area contributed by atoms with Gasteiger partial charge in [0.05, 0.1) is 17.6 Å². The van der Waals surface area contributed by atoms with Gasteiger partial charge in [0.25, 0.3) is 5.91 Å². The molecule has 1 saturated heterocycles. The van der Waals surface area contributed by atoms with Crippen molar-refractivity contribution in [3.05, 3.63) is 76.7 Å². The van der Waals surface area contributed by atoms with Crippen molar-refractivity contribution in [2.24, 2.45) is 0 Å². The van der Waals surface area contributed by atoms with Crippen molar-refractivity contribution in [3.63, 3.8) is 0 Å². The first kappa shape index (κ1) is 20.8. The Labute approximate surface area is 179 Å². The van der Waals surface area contributed by atoms with E-state index in [2.05, 4.69) is 6.58 Å². The molecule has 0 spiro atoms. The third kappa shape index (κ3) is 4.75. The lowest BCUT2D eigenvalue weighted by Gasteiger charge is -2.11. The van der Waals surface area contributed by atoms with Crippen LogP contribution in [0.25, 0.3) is 6.08 Å². The summed E-state index contributed by atoms with van der Waals surface area (Å²) in [5, 5.41) is 0. The summed E-state index contributed by atoms with van der Waals surface area (Å²) >= 11 is 6.48. The Morgan fingerprint density at radius 2 is 1.93 bits per heavy atom. The summed E-state index contributed by atoms with van der Waals surface area (Å²) in [6, 6.07) is 12.2. The normalized spacial score (nSPS) is 15.0. The molecule has 0 bridgehead atoms. The second-order valence-corrected chi connectivity index (χ2v) is 7.92. The summed E-state index contributed by atoms with van der Waals surface area (Å²) in [6.07, 6.45) is 3.34. The standard InChI is InChI=1S/C22H19NO4S2/c1-4-11-23-20(24)19(29-22(23)28)13-15-7-10-17(26-3)18(12-15)27-21(25)16-8-5-14(2)6-9-16/h4-10,12-13H,1,11H2,2-3H3/b19-13-. The largest absolute Gasteiger partial charge is 0.493 e. The molecule has 1 fully saturated rings. The number of carbonyl (C=O) groups excluding carboxylic acids is 2. The Hall–Kier alpha value is -2.90. The van der Waals surface area contributed by atoms with Crippen molar-refractivity contribution in [2.75, 3.05) is 13.7 Å².